The van der Waals surface area contributed by atoms with Crippen molar-refractivity contribution in [2.24, 2.45) is 5.92 Å². The predicted octanol–water partition coefficient (Wildman–Crippen LogP) is 0.632. The molecule has 28 heavy (non-hydrogen) atoms. The van der Waals surface area contributed by atoms with E-state index in [1.165, 1.54) is 11.2 Å². The number of hydrogen-bond acceptors (Lipinski definition) is 6. The number of hydrazine groups is 1. The van der Waals surface area contributed by atoms with Crippen LogP contribution in [0.3, 0.4) is 0 Å². The Bertz CT molecular complexity index is 850. The fourth-order valence-corrected chi connectivity index (χ4v) is 2.75. The summed E-state index contributed by atoms with van der Waals surface area (Å²) in [5.74, 6) is -2.02. The van der Waals surface area contributed by atoms with Gasteiger partial charge in [0.1, 0.15) is 5.76 Å². The van der Waals surface area contributed by atoms with Crippen LogP contribution in [0.25, 0.3) is 0 Å². The molecule has 1 saturated heterocycles. The van der Waals surface area contributed by atoms with Crippen molar-refractivity contribution in [1.29, 1.82) is 0 Å². The van der Waals surface area contributed by atoms with E-state index in [0.717, 1.165) is 0 Å². The highest BCUT2D eigenvalue weighted by molar-refractivity contribution is 5.95. The van der Waals surface area contributed by atoms with E-state index in [4.69, 9.17) is 9.15 Å². The topological polar surface area (TPSA) is 118 Å². The van der Waals surface area contributed by atoms with Gasteiger partial charge in [-0.25, -0.2) is 0 Å². The Labute approximate surface area is 160 Å². The molecule has 3 rings (SSSR count). The van der Waals surface area contributed by atoms with Gasteiger partial charge < -0.3 is 14.1 Å². The molecular weight excluding hydrogens is 366 g/mol. The van der Waals surface area contributed by atoms with Crippen molar-refractivity contribution in [2.75, 3.05) is 13.2 Å². The normalized spacial score (nSPS) is 15.9. The van der Waals surface area contributed by atoms with E-state index >= 15 is 0 Å². The van der Waals surface area contributed by atoms with Crippen molar-refractivity contribution in [2.45, 2.75) is 13.0 Å². The molecular formula is C19H19N3O6. The third-order valence-electron chi connectivity index (χ3n) is 4.17. The fraction of sp³-hybridized carbons (Fsp3) is 0.263. The van der Waals surface area contributed by atoms with Crippen molar-refractivity contribution in [3.8, 4) is 0 Å². The largest absolute Gasteiger partial charge is 0.467 e. The van der Waals surface area contributed by atoms with Crippen LogP contribution in [-0.4, -0.2) is 41.7 Å². The fourth-order valence-electron chi connectivity index (χ4n) is 2.75. The van der Waals surface area contributed by atoms with E-state index < -0.39 is 30.3 Å². The van der Waals surface area contributed by atoms with E-state index in [9.17, 15) is 19.2 Å². The molecule has 146 valence electrons. The van der Waals surface area contributed by atoms with E-state index in [0.29, 0.717) is 11.3 Å². The summed E-state index contributed by atoms with van der Waals surface area (Å²) in [7, 11) is 0. The van der Waals surface area contributed by atoms with Crippen molar-refractivity contribution < 1.29 is 28.3 Å². The number of carbonyl (C=O) groups is 4. The first-order chi connectivity index (χ1) is 13.5. The number of hydrogen-bond donors (Lipinski definition) is 2. The van der Waals surface area contributed by atoms with Crippen LogP contribution in [0, 0.1) is 5.92 Å². The highest BCUT2D eigenvalue weighted by atomic mass is 16.5. The number of furan rings is 1. The number of likely N-dealkylation sites (tertiary alicyclic amines) is 1. The summed E-state index contributed by atoms with van der Waals surface area (Å²) in [6.07, 6.45) is 1.53. The minimum Gasteiger partial charge on any atom is -0.467 e. The highest BCUT2D eigenvalue weighted by Crippen LogP contribution is 2.21. The van der Waals surface area contributed by atoms with Crippen molar-refractivity contribution >= 4 is 23.7 Å². The van der Waals surface area contributed by atoms with Crippen LogP contribution in [0.1, 0.15) is 22.5 Å². The summed E-state index contributed by atoms with van der Waals surface area (Å²) in [5.41, 5.74) is 4.77. The van der Waals surface area contributed by atoms with Gasteiger partial charge in [0.05, 0.1) is 18.7 Å². The van der Waals surface area contributed by atoms with Crippen LogP contribution in [0.2, 0.25) is 0 Å². The molecule has 1 atom stereocenters. The average molecular weight is 385 g/mol. The zero-order valence-electron chi connectivity index (χ0n) is 14.9. The summed E-state index contributed by atoms with van der Waals surface area (Å²) >= 11 is 0. The lowest BCUT2D eigenvalue weighted by atomic mass is 10.1. The number of nitrogens with one attached hydrogen (secondary N) is 2. The first kappa shape index (κ1) is 19.2. The van der Waals surface area contributed by atoms with Crippen LogP contribution in [0.15, 0.2) is 53.1 Å². The second-order valence-electron chi connectivity index (χ2n) is 6.23. The van der Waals surface area contributed by atoms with Gasteiger partial charge in [0.15, 0.2) is 6.61 Å². The molecule has 1 aliphatic heterocycles. The van der Waals surface area contributed by atoms with Crippen molar-refractivity contribution in [3.63, 3.8) is 0 Å². The predicted molar refractivity (Wildman–Crippen MR) is 95.2 cm³/mol. The molecule has 1 fully saturated rings. The van der Waals surface area contributed by atoms with E-state index in [1.807, 2.05) is 0 Å². The maximum atomic E-state index is 12.1. The molecule has 1 aromatic carbocycles. The lowest BCUT2D eigenvalue weighted by Crippen LogP contribution is -2.43. The quantitative estimate of drug-likeness (QED) is 0.556. The first-order valence-electron chi connectivity index (χ1n) is 8.64. The zero-order chi connectivity index (χ0) is 19.9. The molecule has 0 aliphatic carbocycles. The van der Waals surface area contributed by atoms with Gasteiger partial charge in [-0.3, -0.25) is 30.0 Å². The molecule has 2 N–H and O–H groups in total. The Morgan fingerprint density at radius 2 is 1.89 bits per heavy atom. The maximum absolute atomic E-state index is 12.1. The number of esters is 1. The molecule has 1 aromatic heterocycles. The number of nitrogens with zero attached hydrogens (tertiary/aromatic N) is 1. The number of carbonyl (C=O) groups excluding carboxylic acids is 4. The second-order valence-corrected chi connectivity index (χ2v) is 6.23. The Kier molecular flexibility index (Phi) is 6.05. The molecule has 9 nitrogen and oxygen atoms in total. The van der Waals surface area contributed by atoms with Crippen LogP contribution < -0.4 is 10.9 Å². The van der Waals surface area contributed by atoms with E-state index in [2.05, 4.69) is 10.9 Å². The van der Waals surface area contributed by atoms with Gasteiger partial charge in [-0.15, -0.1) is 0 Å². The van der Waals surface area contributed by atoms with Crippen LogP contribution in [0.5, 0.6) is 0 Å². The monoisotopic (exact) mass is 385 g/mol. The standard InChI is InChI=1S/C19H19N3O6/c23-16(20-21-18(25)13-5-2-1-3-6-13)12-28-19(26)14-9-17(24)22(10-14)11-15-7-4-8-27-15/h1-8,14H,9-12H2,(H,20,23)(H,21,25)/t14-/m1/s1. The minimum atomic E-state index is -0.686. The molecule has 9 heteroatoms. The molecule has 0 spiro atoms. The van der Waals surface area contributed by atoms with E-state index in [1.54, 1.807) is 42.5 Å². The molecule has 1 aliphatic rings. The SMILES string of the molecule is O=C(COC(=O)[C@@H]1CC(=O)N(Cc2ccco2)C1)NNC(=O)c1ccccc1. The molecule has 3 amide bonds. The lowest BCUT2D eigenvalue weighted by Gasteiger charge is -2.14. The maximum Gasteiger partial charge on any atom is 0.311 e. The Morgan fingerprint density at radius 3 is 2.61 bits per heavy atom. The number of ether oxygens (including phenoxy) is 1. The smallest absolute Gasteiger partial charge is 0.311 e. The van der Waals surface area contributed by atoms with Gasteiger partial charge in [0.2, 0.25) is 5.91 Å². The molecule has 2 heterocycles. The average Bonchev–Trinajstić information content (AvgIpc) is 3.35. The van der Waals surface area contributed by atoms with Gasteiger partial charge in [-0.2, -0.15) is 0 Å². The van der Waals surface area contributed by atoms with Crippen molar-refractivity contribution in [1.82, 2.24) is 15.8 Å². The lowest BCUT2D eigenvalue weighted by molar-refractivity contribution is -0.152. The minimum absolute atomic E-state index is 0.0197. The molecule has 0 unspecified atom stereocenters. The Morgan fingerprint density at radius 1 is 1.11 bits per heavy atom. The summed E-state index contributed by atoms with van der Waals surface area (Å²) in [4.78, 5) is 49.2. The van der Waals surface area contributed by atoms with Crippen LogP contribution in [0.4, 0.5) is 0 Å². The number of amides is 3. The van der Waals surface area contributed by atoms with Gasteiger partial charge in [-0.05, 0) is 24.3 Å². The van der Waals surface area contributed by atoms with Gasteiger partial charge in [-0.1, -0.05) is 18.2 Å². The first-order valence-corrected chi connectivity index (χ1v) is 8.64. The summed E-state index contributed by atoms with van der Waals surface area (Å²) in [5, 5.41) is 0. The third kappa shape index (κ3) is 4.97. The third-order valence-corrected chi connectivity index (χ3v) is 4.17. The van der Waals surface area contributed by atoms with Gasteiger partial charge in [0, 0.05) is 18.5 Å². The number of rotatable bonds is 6. The highest BCUT2D eigenvalue weighted by Gasteiger charge is 2.35. The Balaban J connectivity index is 1.39. The Hall–Kier alpha value is -3.62. The van der Waals surface area contributed by atoms with Gasteiger partial charge >= 0.3 is 5.97 Å². The summed E-state index contributed by atoms with van der Waals surface area (Å²) < 4.78 is 10.2. The summed E-state index contributed by atoms with van der Waals surface area (Å²) in [6, 6.07) is 11.8. The molecule has 0 radical (unpaired) electrons. The molecule has 2 aromatic rings. The van der Waals surface area contributed by atoms with E-state index in [-0.39, 0.29) is 25.4 Å². The van der Waals surface area contributed by atoms with Gasteiger partial charge in [0.25, 0.3) is 11.8 Å². The molecule has 0 bridgehead atoms. The van der Waals surface area contributed by atoms with Crippen molar-refractivity contribution in [3.05, 3.63) is 60.1 Å². The molecule has 0 saturated carbocycles. The second kappa shape index (κ2) is 8.85. The number of benzene rings is 1. The zero-order valence-corrected chi connectivity index (χ0v) is 14.9. The summed E-state index contributed by atoms with van der Waals surface area (Å²) in [6.45, 7) is -0.0802. The van der Waals surface area contributed by atoms with Crippen LogP contribution in [-0.2, 0) is 25.7 Å². The van der Waals surface area contributed by atoms with Crippen LogP contribution >= 0.6 is 0 Å².